The fourth-order valence-electron chi connectivity index (χ4n) is 2.99. The average molecular weight is 448 g/mol. The van der Waals surface area contributed by atoms with Crippen LogP contribution in [-0.4, -0.2) is 45.8 Å². The van der Waals surface area contributed by atoms with Crippen molar-refractivity contribution in [3.05, 3.63) is 60.6 Å². The summed E-state index contributed by atoms with van der Waals surface area (Å²) in [6, 6.07) is 13.2. The Kier molecular flexibility index (Phi) is 6.46. The highest BCUT2D eigenvalue weighted by molar-refractivity contribution is 8.00. The predicted octanol–water partition coefficient (Wildman–Crippen LogP) is 4.14. The summed E-state index contributed by atoms with van der Waals surface area (Å²) in [5.74, 6) is 1.75. The monoisotopic (exact) mass is 447 g/mol. The lowest BCUT2D eigenvalue weighted by Crippen LogP contribution is -2.14. The van der Waals surface area contributed by atoms with Gasteiger partial charge >= 0.3 is 0 Å². The van der Waals surface area contributed by atoms with Crippen molar-refractivity contribution in [2.45, 2.75) is 11.9 Å². The normalized spacial score (nSPS) is 10.7. The number of hydrogen-bond acceptors (Lipinski definition) is 8. The molecule has 0 atom stereocenters. The van der Waals surface area contributed by atoms with E-state index < -0.39 is 0 Å². The minimum absolute atomic E-state index is 0.158. The Morgan fingerprint density at radius 1 is 1.00 bits per heavy atom. The molecule has 0 bridgehead atoms. The van der Waals surface area contributed by atoms with Crippen molar-refractivity contribution in [1.29, 1.82) is 0 Å². The maximum Gasteiger partial charge on any atom is 0.234 e. The minimum atomic E-state index is -0.186. The molecule has 32 heavy (non-hydrogen) atoms. The second-order valence-electron chi connectivity index (χ2n) is 6.91. The van der Waals surface area contributed by atoms with Crippen LogP contribution in [0.5, 0.6) is 11.5 Å². The number of ether oxygens (including phenoxy) is 2. The summed E-state index contributed by atoms with van der Waals surface area (Å²) in [6.45, 7) is 2.03. The van der Waals surface area contributed by atoms with Crippen molar-refractivity contribution < 1.29 is 14.3 Å². The van der Waals surface area contributed by atoms with Gasteiger partial charge < -0.3 is 14.8 Å². The zero-order valence-electron chi connectivity index (χ0n) is 17.8. The van der Waals surface area contributed by atoms with E-state index in [9.17, 15) is 4.79 Å². The van der Waals surface area contributed by atoms with Gasteiger partial charge in [0.2, 0.25) is 5.91 Å². The number of thioether (sulfide) groups is 1. The van der Waals surface area contributed by atoms with Crippen LogP contribution >= 0.6 is 11.8 Å². The second kappa shape index (κ2) is 9.61. The Balaban J connectivity index is 1.48. The maximum absolute atomic E-state index is 12.5. The molecule has 2 aromatic carbocycles. The number of anilines is 1. The molecule has 1 amide bonds. The van der Waals surface area contributed by atoms with Gasteiger partial charge in [-0.2, -0.15) is 0 Å². The van der Waals surface area contributed by atoms with E-state index >= 15 is 0 Å². The first-order valence-corrected chi connectivity index (χ1v) is 10.7. The fourth-order valence-corrected chi connectivity index (χ4v) is 3.76. The highest BCUT2D eigenvalue weighted by Crippen LogP contribution is 2.27. The second-order valence-corrected chi connectivity index (χ2v) is 7.88. The van der Waals surface area contributed by atoms with Crippen LogP contribution in [-0.2, 0) is 4.79 Å². The van der Waals surface area contributed by atoms with E-state index in [1.165, 1.54) is 23.7 Å². The summed E-state index contributed by atoms with van der Waals surface area (Å²) in [4.78, 5) is 30.1. The summed E-state index contributed by atoms with van der Waals surface area (Å²) >= 11 is 1.30. The van der Waals surface area contributed by atoms with E-state index in [4.69, 9.17) is 9.47 Å². The Hall–Kier alpha value is -3.72. The number of nitrogens with one attached hydrogen (secondary N) is 1. The summed E-state index contributed by atoms with van der Waals surface area (Å²) < 4.78 is 10.5. The molecule has 0 fully saturated rings. The number of amides is 1. The minimum Gasteiger partial charge on any atom is -0.497 e. The van der Waals surface area contributed by atoms with Gasteiger partial charge in [0, 0.05) is 35.6 Å². The summed E-state index contributed by atoms with van der Waals surface area (Å²) in [5.41, 5.74) is 3.20. The van der Waals surface area contributed by atoms with E-state index in [2.05, 4.69) is 25.3 Å². The van der Waals surface area contributed by atoms with Crippen LogP contribution in [0.2, 0.25) is 0 Å². The molecule has 0 aliphatic carbocycles. The summed E-state index contributed by atoms with van der Waals surface area (Å²) in [7, 11) is 3.12. The van der Waals surface area contributed by atoms with Crippen molar-refractivity contribution in [2.24, 2.45) is 0 Å². The maximum atomic E-state index is 12.5. The molecule has 2 heterocycles. The zero-order chi connectivity index (χ0) is 22.5. The van der Waals surface area contributed by atoms with E-state index in [0.717, 1.165) is 5.56 Å². The third-order valence-corrected chi connectivity index (χ3v) is 5.64. The molecular formula is C23H21N5O3S. The number of benzene rings is 2. The lowest BCUT2D eigenvalue weighted by atomic mass is 10.1. The van der Waals surface area contributed by atoms with Gasteiger partial charge in [-0.1, -0.05) is 41.6 Å². The number of aryl methyl sites for hydroxylation is 1. The molecule has 0 spiro atoms. The van der Waals surface area contributed by atoms with Crippen LogP contribution in [0.1, 0.15) is 5.56 Å². The van der Waals surface area contributed by atoms with Gasteiger partial charge in [0.1, 0.15) is 22.9 Å². The molecule has 0 aliphatic rings. The number of fused-ring (bicyclic) bond motifs is 1. The highest BCUT2D eigenvalue weighted by atomic mass is 32.2. The molecule has 2 aromatic heterocycles. The first kappa shape index (κ1) is 21.5. The molecule has 0 radical (unpaired) electrons. The lowest BCUT2D eigenvalue weighted by molar-refractivity contribution is -0.113. The van der Waals surface area contributed by atoms with Crippen LogP contribution in [0.3, 0.4) is 0 Å². The number of aromatic nitrogens is 4. The van der Waals surface area contributed by atoms with Gasteiger partial charge in [0.25, 0.3) is 0 Å². The van der Waals surface area contributed by atoms with Gasteiger partial charge in [-0.25, -0.2) is 19.9 Å². The van der Waals surface area contributed by atoms with Crippen LogP contribution in [0.4, 0.5) is 5.69 Å². The molecule has 0 saturated heterocycles. The number of carbonyl (C=O) groups excluding carboxylic acids is 1. The van der Waals surface area contributed by atoms with Crippen LogP contribution < -0.4 is 14.8 Å². The van der Waals surface area contributed by atoms with Crippen molar-refractivity contribution in [3.8, 4) is 22.9 Å². The Morgan fingerprint density at radius 3 is 2.41 bits per heavy atom. The Bertz CT molecular complexity index is 1240. The van der Waals surface area contributed by atoms with E-state index in [0.29, 0.717) is 39.1 Å². The predicted molar refractivity (Wildman–Crippen MR) is 124 cm³/mol. The summed E-state index contributed by atoms with van der Waals surface area (Å²) in [6.07, 6.45) is 3.14. The molecule has 0 aliphatic heterocycles. The molecule has 1 N–H and O–H groups in total. The topological polar surface area (TPSA) is 99.1 Å². The van der Waals surface area contributed by atoms with Crippen LogP contribution in [0, 0.1) is 6.92 Å². The largest absolute Gasteiger partial charge is 0.497 e. The van der Waals surface area contributed by atoms with E-state index in [-0.39, 0.29) is 11.7 Å². The number of hydrogen-bond donors (Lipinski definition) is 1. The van der Waals surface area contributed by atoms with Crippen LogP contribution in [0.25, 0.3) is 22.4 Å². The molecule has 4 rings (SSSR count). The van der Waals surface area contributed by atoms with Crippen molar-refractivity contribution in [3.63, 3.8) is 0 Å². The molecule has 8 nitrogen and oxygen atoms in total. The van der Waals surface area contributed by atoms with Crippen molar-refractivity contribution >= 4 is 34.4 Å². The third-order valence-electron chi connectivity index (χ3n) is 4.64. The first-order valence-electron chi connectivity index (χ1n) is 9.76. The lowest BCUT2D eigenvalue weighted by Gasteiger charge is -2.10. The number of nitrogens with zero attached hydrogens (tertiary/aromatic N) is 4. The quantitative estimate of drug-likeness (QED) is 0.333. The van der Waals surface area contributed by atoms with Crippen molar-refractivity contribution in [2.75, 3.05) is 25.3 Å². The Labute approximate surface area is 189 Å². The van der Waals surface area contributed by atoms with Crippen molar-refractivity contribution in [1.82, 2.24) is 19.9 Å². The van der Waals surface area contributed by atoms with Gasteiger partial charge in [-0.05, 0) is 6.92 Å². The van der Waals surface area contributed by atoms with E-state index in [1.807, 2.05) is 31.2 Å². The zero-order valence-corrected chi connectivity index (χ0v) is 18.6. The SMILES string of the molecule is COc1cc(NC(=O)CSc2ncnc3nc(-c4ccc(C)cc4)ncc23)cc(OC)c1. The van der Waals surface area contributed by atoms with E-state index in [1.54, 1.807) is 38.6 Å². The molecule has 162 valence electrons. The van der Waals surface area contributed by atoms with Gasteiger partial charge in [-0.3, -0.25) is 4.79 Å². The average Bonchev–Trinajstić information content (AvgIpc) is 2.82. The number of methoxy groups -OCH3 is 2. The fraction of sp³-hybridized carbons (Fsp3) is 0.174. The smallest absolute Gasteiger partial charge is 0.234 e. The number of carbonyl (C=O) groups is 1. The molecule has 9 heteroatoms. The standard InChI is InChI=1S/C23H21N5O3S/c1-14-4-6-15(7-5-14)21-24-11-19-22(28-21)25-13-26-23(19)32-12-20(29)27-16-8-17(30-2)10-18(9-16)31-3/h4-11,13H,12H2,1-3H3,(H,27,29). The third kappa shape index (κ3) is 4.94. The molecule has 0 saturated carbocycles. The first-order chi connectivity index (χ1) is 15.6. The van der Waals surface area contributed by atoms with Gasteiger partial charge in [0.05, 0.1) is 25.4 Å². The molecule has 4 aromatic rings. The highest BCUT2D eigenvalue weighted by Gasteiger charge is 2.12. The van der Waals surface area contributed by atoms with Gasteiger partial charge in [-0.15, -0.1) is 0 Å². The number of rotatable bonds is 7. The molecular weight excluding hydrogens is 426 g/mol. The summed E-state index contributed by atoms with van der Waals surface area (Å²) in [5, 5.41) is 4.19. The van der Waals surface area contributed by atoms with Crippen LogP contribution in [0.15, 0.2) is 60.0 Å². The Morgan fingerprint density at radius 2 is 1.72 bits per heavy atom. The van der Waals surface area contributed by atoms with Gasteiger partial charge in [0.15, 0.2) is 11.5 Å². The molecule has 0 unspecified atom stereocenters.